The summed E-state index contributed by atoms with van der Waals surface area (Å²) in [6.07, 6.45) is 6.32. The molecule has 0 aliphatic heterocycles. The molecule has 2 N–H and O–H groups in total. The van der Waals surface area contributed by atoms with Crippen LogP contribution in [-0.2, 0) is 5.41 Å². The van der Waals surface area contributed by atoms with Crippen LogP contribution < -0.4 is 5.73 Å². The van der Waals surface area contributed by atoms with Gasteiger partial charge in [0.25, 0.3) is 0 Å². The molecule has 4 heteroatoms. The number of nitrogens with two attached hydrogens (primary N) is 1. The lowest BCUT2D eigenvalue weighted by molar-refractivity contribution is 0.189. The highest BCUT2D eigenvalue weighted by Crippen LogP contribution is 2.51. The number of rotatable bonds is 3. The van der Waals surface area contributed by atoms with Gasteiger partial charge in [0.05, 0.1) is 0 Å². The Morgan fingerprint density at radius 3 is 2.65 bits per heavy atom. The van der Waals surface area contributed by atoms with E-state index in [4.69, 9.17) is 17.3 Å². The third-order valence-electron chi connectivity index (χ3n) is 4.35. The lowest BCUT2D eigenvalue weighted by Crippen LogP contribution is -2.45. The lowest BCUT2D eigenvalue weighted by atomic mass is 9.59. The van der Waals surface area contributed by atoms with Crippen LogP contribution in [-0.4, -0.2) is 4.98 Å². The molecular formula is C16H16ClFN2. The molecule has 1 unspecified atom stereocenters. The van der Waals surface area contributed by atoms with E-state index in [1.54, 1.807) is 24.5 Å². The maximum Gasteiger partial charge on any atom is 0.128 e. The maximum atomic E-state index is 14.3. The van der Waals surface area contributed by atoms with Crippen LogP contribution in [0.5, 0.6) is 0 Å². The van der Waals surface area contributed by atoms with Crippen molar-refractivity contribution in [3.8, 4) is 0 Å². The minimum Gasteiger partial charge on any atom is -0.323 e. The topological polar surface area (TPSA) is 38.9 Å². The van der Waals surface area contributed by atoms with E-state index >= 15 is 0 Å². The monoisotopic (exact) mass is 290 g/mol. The van der Waals surface area contributed by atoms with E-state index in [0.29, 0.717) is 10.6 Å². The van der Waals surface area contributed by atoms with Crippen molar-refractivity contribution in [2.75, 3.05) is 0 Å². The molecule has 1 heterocycles. The summed E-state index contributed by atoms with van der Waals surface area (Å²) in [7, 11) is 0. The van der Waals surface area contributed by atoms with E-state index in [0.717, 1.165) is 24.8 Å². The summed E-state index contributed by atoms with van der Waals surface area (Å²) >= 11 is 5.84. The first kappa shape index (κ1) is 13.5. The predicted molar refractivity (Wildman–Crippen MR) is 78.1 cm³/mol. The van der Waals surface area contributed by atoms with Gasteiger partial charge in [0.2, 0.25) is 0 Å². The van der Waals surface area contributed by atoms with E-state index in [-0.39, 0.29) is 17.3 Å². The van der Waals surface area contributed by atoms with Crippen molar-refractivity contribution in [1.82, 2.24) is 4.98 Å². The molecule has 2 aromatic rings. The van der Waals surface area contributed by atoms with E-state index in [9.17, 15) is 4.39 Å². The van der Waals surface area contributed by atoms with Crippen molar-refractivity contribution >= 4 is 11.6 Å². The summed E-state index contributed by atoms with van der Waals surface area (Å²) < 4.78 is 14.3. The Bertz CT molecular complexity index is 611. The molecule has 20 heavy (non-hydrogen) atoms. The third kappa shape index (κ3) is 2.11. The summed E-state index contributed by atoms with van der Waals surface area (Å²) in [6.45, 7) is 0. The molecule has 0 amide bonds. The zero-order valence-corrected chi connectivity index (χ0v) is 11.8. The van der Waals surface area contributed by atoms with Crippen LogP contribution in [0.2, 0.25) is 5.02 Å². The first-order chi connectivity index (χ1) is 9.63. The van der Waals surface area contributed by atoms with Crippen molar-refractivity contribution in [2.24, 2.45) is 5.73 Å². The number of hydrogen-bond acceptors (Lipinski definition) is 2. The molecule has 104 valence electrons. The normalized spacial score (nSPS) is 18.4. The average molecular weight is 291 g/mol. The highest BCUT2D eigenvalue weighted by Gasteiger charge is 2.46. The van der Waals surface area contributed by atoms with Crippen molar-refractivity contribution in [1.29, 1.82) is 0 Å². The molecule has 1 fully saturated rings. The van der Waals surface area contributed by atoms with Crippen LogP contribution in [0.25, 0.3) is 0 Å². The first-order valence-corrected chi connectivity index (χ1v) is 7.12. The fourth-order valence-corrected chi connectivity index (χ4v) is 3.24. The minimum atomic E-state index is -0.336. The van der Waals surface area contributed by atoms with Gasteiger partial charge in [-0.05, 0) is 42.2 Å². The Labute approximate surface area is 122 Å². The number of halogens is 2. The number of pyridine rings is 1. The molecular weight excluding hydrogens is 275 g/mol. The summed E-state index contributed by atoms with van der Waals surface area (Å²) in [5.41, 5.74) is 7.72. The maximum absolute atomic E-state index is 14.3. The van der Waals surface area contributed by atoms with Crippen LogP contribution in [0.1, 0.15) is 36.4 Å². The Hall–Kier alpha value is -1.45. The lowest BCUT2D eigenvalue weighted by Gasteiger charge is -2.47. The van der Waals surface area contributed by atoms with Crippen LogP contribution in [0.3, 0.4) is 0 Å². The summed E-state index contributed by atoms with van der Waals surface area (Å²) in [5.74, 6) is -0.267. The fraction of sp³-hybridized carbons (Fsp3) is 0.312. The van der Waals surface area contributed by atoms with Crippen LogP contribution in [0, 0.1) is 5.82 Å². The van der Waals surface area contributed by atoms with Gasteiger partial charge < -0.3 is 5.73 Å². The molecule has 0 saturated heterocycles. The fourth-order valence-electron chi connectivity index (χ4n) is 3.08. The minimum absolute atomic E-state index is 0.249. The Kier molecular flexibility index (Phi) is 3.48. The number of hydrogen-bond donors (Lipinski definition) is 1. The molecule has 0 bridgehead atoms. The molecule has 1 aromatic carbocycles. The Morgan fingerprint density at radius 2 is 2.10 bits per heavy atom. The Balaban J connectivity index is 2.03. The van der Waals surface area contributed by atoms with Gasteiger partial charge in [0.1, 0.15) is 5.82 Å². The van der Waals surface area contributed by atoms with Gasteiger partial charge in [0, 0.05) is 28.9 Å². The second-order valence-electron chi connectivity index (χ2n) is 5.40. The SMILES string of the molecule is NC(c1cccnc1)C1(c2ccc(Cl)cc2F)CCC1. The van der Waals surface area contributed by atoms with Crippen molar-refractivity contribution in [3.63, 3.8) is 0 Å². The molecule has 0 radical (unpaired) electrons. The summed E-state index contributed by atoms with van der Waals surface area (Å²) in [4.78, 5) is 4.11. The van der Waals surface area contributed by atoms with Gasteiger partial charge >= 0.3 is 0 Å². The van der Waals surface area contributed by atoms with E-state index < -0.39 is 0 Å². The standard InChI is InChI=1S/C16H16ClFN2/c17-12-4-5-13(14(18)9-12)16(6-2-7-16)15(19)11-3-1-8-20-10-11/h1,3-5,8-10,15H,2,6-7,19H2. The second kappa shape index (κ2) is 5.15. The molecule has 1 saturated carbocycles. The van der Waals surface area contributed by atoms with Crippen LogP contribution in [0.4, 0.5) is 4.39 Å². The second-order valence-corrected chi connectivity index (χ2v) is 5.83. The zero-order valence-electron chi connectivity index (χ0n) is 11.0. The van der Waals surface area contributed by atoms with Gasteiger partial charge in [-0.15, -0.1) is 0 Å². The largest absolute Gasteiger partial charge is 0.323 e. The van der Waals surface area contributed by atoms with Crippen LogP contribution in [0.15, 0.2) is 42.7 Å². The third-order valence-corrected chi connectivity index (χ3v) is 4.59. The van der Waals surface area contributed by atoms with Gasteiger partial charge in [0.15, 0.2) is 0 Å². The van der Waals surface area contributed by atoms with Crippen molar-refractivity contribution < 1.29 is 4.39 Å². The van der Waals surface area contributed by atoms with Crippen molar-refractivity contribution in [2.45, 2.75) is 30.7 Å². The average Bonchev–Trinajstić information content (AvgIpc) is 2.40. The number of benzene rings is 1. The first-order valence-electron chi connectivity index (χ1n) is 6.74. The molecule has 0 spiro atoms. The van der Waals surface area contributed by atoms with Crippen LogP contribution >= 0.6 is 11.6 Å². The number of aromatic nitrogens is 1. The zero-order chi connectivity index (χ0) is 14.2. The molecule has 3 rings (SSSR count). The smallest absolute Gasteiger partial charge is 0.128 e. The molecule has 1 atom stereocenters. The van der Waals surface area contributed by atoms with E-state index in [1.165, 1.54) is 6.07 Å². The Morgan fingerprint density at radius 1 is 1.30 bits per heavy atom. The van der Waals surface area contributed by atoms with Gasteiger partial charge in [-0.25, -0.2) is 4.39 Å². The summed E-state index contributed by atoms with van der Waals surface area (Å²) in [5, 5.41) is 0.413. The van der Waals surface area contributed by atoms with Gasteiger partial charge in [-0.1, -0.05) is 30.2 Å². The molecule has 1 aliphatic rings. The summed E-state index contributed by atoms with van der Waals surface area (Å²) in [6, 6.07) is 8.43. The highest BCUT2D eigenvalue weighted by atomic mass is 35.5. The van der Waals surface area contributed by atoms with E-state index in [2.05, 4.69) is 4.98 Å². The molecule has 1 aliphatic carbocycles. The highest BCUT2D eigenvalue weighted by molar-refractivity contribution is 6.30. The van der Waals surface area contributed by atoms with E-state index in [1.807, 2.05) is 12.1 Å². The molecule has 1 aromatic heterocycles. The molecule has 2 nitrogen and oxygen atoms in total. The number of nitrogens with zero attached hydrogens (tertiary/aromatic N) is 1. The van der Waals surface area contributed by atoms with Gasteiger partial charge in [-0.3, -0.25) is 4.98 Å². The predicted octanol–water partition coefficient (Wildman–Crippen LogP) is 4.00. The van der Waals surface area contributed by atoms with Gasteiger partial charge in [-0.2, -0.15) is 0 Å². The van der Waals surface area contributed by atoms with Crippen molar-refractivity contribution in [3.05, 3.63) is 64.7 Å². The quantitative estimate of drug-likeness (QED) is 0.928.